The van der Waals surface area contributed by atoms with Gasteiger partial charge in [0.25, 0.3) is 0 Å². The van der Waals surface area contributed by atoms with Gasteiger partial charge in [-0.3, -0.25) is 14.4 Å². The highest BCUT2D eigenvalue weighted by molar-refractivity contribution is 5.98. The molecule has 0 spiro atoms. The third-order valence-corrected chi connectivity index (χ3v) is 5.88. The number of piperazine rings is 2. The number of rotatable bonds is 3. The van der Waals surface area contributed by atoms with Gasteiger partial charge < -0.3 is 15.1 Å². The Morgan fingerprint density at radius 3 is 2.54 bits per heavy atom. The molecule has 3 amide bonds. The summed E-state index contributed by atoms with van der Waals surface area (Å²) in [5.41, 5.74) is 1.03. The van der Waals surface area contributed by atoms with Gasteiger partial charge in [0.15, 0.2) is 0 Å². The van der Waals surface area contributed by atoms with Crippen LogP contribution in [0.4, 0.5) is 0 Å². The Balaban J connectivity index is 1.43. The zero-order valence-electron chi connectivity index (χ0n) is 14.9. The summed E-state index contributed by atoms with van der Waals surface area (Å²) in [6, 6.07) is 8.66. The quantitative estimate of drug-likeness (QED) is 0.878. The van der Waals surface area contributed by atoms with Crippen LogP contribution in [0.2, 0.25) is 0 Å². The number of hydrogen-bond acceptors (Lipinski definition) is 3. The third kappa shape index (κ3) is 3.20. The van der Waals surface area contributed by atoms with Gasteiger partial charge in [-0.25, -0.2) is 0 Å². The van der Waals surface area contributed by atoms with Gasteiger partial charge in [0.2, 0.25) is 17.7 Å². The van der Waals surface area contributed by atoms with Crippen molar-refractivity contribution in [2.75, 3.05) is 19.6 Å². The molecule has 3 fully saturated rings. The van der Waals surface area contributed by atoms with E-state index in [1.165, 1.54) is 0 Å². The lowest BCUT2D eigenvalue weighted by Crippen LogP contribution is -2.70. The first kappa shape index (κ1) is 17.1. The molecular formula is C20H25N3O3. The number of fused-ring (bicyclic) bond motifs is 1. The van der Waals surface area contributed by atoms with Crippen LogP contribution in [0, 0.1) is 5.92 Å². The molecule has 0 radical (unpaired) electrons. The maximum Gasteiger partial charge on any atom is 0.246 e. The van der Waals surface area contributed by atoms with E-state index < -0.39 is 12.1 Å². The second kappa shape index (κ2) is 7.09. The highest BCUT2D eigenvalue weighted by atomic mass is 16.2. The van der Waals surface area contributed by atoms with Gasteiger partial charge in [0.05, 0.1) is 6.54 Å². The summed E-state index contributed by atoms with van der Waals surface area (Å²) >= 11 is 0. The number of benzene rings is 1. The maximum atomic E-state index is 12.9. The Labute approximate surface area is 153 Å². The van der Waals surface area contributed by atoms with Crippen molar-refractivity contribution in [2.24, 2.45) is 5.92 Å². The van der Waals surface area contributed by atoms with Crippen LogP contribution in [0.5, 0.6) is 0 Å². The van der Waals surface area contributed by atoms with E-state index in [-0.39, 0.29) is 23.6 Å². The fraction of sp³-hybridized carbons (Fsp3) is 0.550. The van der Waals surface area contributed by atoms with Gasteiger partial charge in [-0.1, -0.05) is 43.2 Å². The van der Waals surface area contributed by atoms with Gasteiger partial charge >= 0.3 is 0 Å². The summed E-state index contributed by atoms with van der Waals surface area (Å²) in [5.74, 6) is 0.0874. The minimum atomic E-state index is -0.548. The summed E-state index contributed by atoms with van der Waals surface area (Å²) in [7, 11) is 0. The van der Waals surface area contributed by atoms with E-state index in [4.69, 9.17) is 0 Å². The molecule has 6 nitrogen and oxygen atoms in total. The van der Waals surface area contributed by atoms with Crippen LogP contribution in [0.25, 0.3) is 0 Å². The fourth-order valence-electron chi connectivity index (χ4n) is 4.42. The molecule has 1 saturated carbocycles. The van der Waals surface area contributed by atoms with Crippen molar-refractivity contribution in [3.8, 4) is 0 Å². The van der Waals surface area contributed by atoms with Gasteiger partial charge in [0, 0.05) is 25.4 Å². The Morgan fingerprint density at radius 2 is 1.81 bits per heavy atom. The van der Waals surface area contributed by atoms with E-state index in [9.17, 15) is 14.4 Å². The second-order valence-corrected chi connectivity index (χ2v) is 7.56. The summed E-state index contributed by atoms with van der Waals surface area (Å²) < 4.78 is 0. The molecule has 2 aliphatic heterocycles. The molecule has 1 aromatic rings. The van der Waals surface area contributed by atoms with Crippen LogP contribution in [-0.2, 0) is 20.8 Å². The molecule has 6 heteroatoms. The van der Waals surface area contributed by atoms with Gasteiger partial charge in [0.1, 0.15) is 12.1 Å². The van der Waals surface area contributed by atoms with Crippen LogP contribution in [0.3, 0.4) is 0 Å². The maximum absolute atomic E-state index is 12.9. The van der Waals surface area contributed by atoms with Crippen LogP contribution in [-0.4, -0.2) is 59.2 Å². The van der Waals surface area contributed by atoms with Crippen LogP contribution < -0.4 is 5.32 Å². The van der Waals surface area contributed by atoms with Crippen molar-refractivity contribution in [3.63, 3.8) is 0 Å². The summed E-state index contributed by atoms with van der Waals surface area (Å²) in [5, 5.41) is 2.87. The van der Waals surface area contributed by atoms with E-state index in [0.29, 0.717) is 26.1 Å². The van der Waals surface area contributed by atoms with Crippen LogP contribution in [0.1, 0.15) is 31.2 Å². The van der Waals surface area contributed by atoms with Crippen LogP contribution >= 0.6 is 0 Å². The molecular weight excluding hydrogens is 330 g/mol. The van der Waals surface area contributed by atoms with Gasteiger partial charge in [-0.05, 0) is 18.4 Å². The van der Waals surface area contributed by atoms with Crippen molar-refractivity contribution in [1.29, 1.82) is 0 Å². The van der Waals surface area contributed by atoms with Crippen molar-refractivity contribution < 1.29 is 14.4 Å². The first-order valence-electron chi connectivity index (χ1n) is 9.57. The van der Waals surface area contributed by atoms with Crippen molar-refractivity contribution in [2.45, 2.75) is 44.2 Å². The summed E-state index contributed by atoms with van der Waals surface area (Å²) in [6.45, 7) is 1.30. The molecule has 1 N–H and O–H groups in total. The Bertz CT molecular complexity index is 700. The van der Waals surface area contributed by atoms with Crippen molar-refractivity contribution >= 4 is 17.7 Å². The minimum absolute atomic E-state index is 0.0357. The van der Waals surface area contributed by atoms with E-state index >= 15 is 0 Å². The van der Waals surface area contributed by atoms with E-state index in [0.717, 1.165) is 31.2 Å². The largest absolute Gasteiger partial charge is 0.342 e. The highest BCUT2D eigenvalue weighted by Crippen LogP contribution is 2.28. The number of carbonyl (C=O) groups is 3. The van der Waals surface area contributed by atoms with Crippen molar-refractivity contribution in [3.05, 3.63) is 35.9 Å². The number of carbonyl (C=O) groups excluding carboxylic acids is 3. The molecule has 4 rings (SSSR count). The first-order valence-corrected chi connectivity index (χ1v) is 9.57. The lowest BCUT2D eigenvalue weighted by molar-refractivity contribution is -0.156. The molecule has 138 valence electrons. The van der Waals surface area contributed by atoms with E-state index in [1.807, 2.05) is 30.3 Å². The fourth-order valence-corrected chi connectivity index (χ4v) is 4.42. The zero-order valence-corrected chi connectivity index (χ0v) is 14.9. The molecule has 2 saturated heterocycles. The zero-order chi connectivity index (χ0) is 18.1. The van der Waals surface area contributed by atoms with E-state index in [2.05, 4.69) is 5.32 Å². The Hall–Kier alpha value is -2.37. The van der Waals surface area contributed by atoms with Crippen LogP contribution in [0.15, 0.2) is 30.3 Å². The highest BCUT2D eigenvalue weighted by Gasteiger charge is 2.44. The van der Waals surface area contributed by atoms with Gasteiger partial charge in [-0.2, -0.15) is 0 Å². The average molecular weight is 355 g/mol. The summed E-state index contributed by atoms with van der Waals surface area (Å²) in [4.78, 5) is 41.6. The number of hydrogen-bond donors (Lipinski definition) is 1. The van der Waals surface area contributed by atoms with E-state index in [1.54, 1.807) is 9.80 Å². The molecule has 2 heterocycles. The Kier molecular flexibility index (Phi) is 4.66. The number of nitrogens with zero attached hydrogens (tertiary/aromatic N) is 2. The minimum Gasteiger partial charge on any atom is -0.342 e. The monoisotopic (exact) mass is 355 g/mol. The third-order valence-electron chi connectivity index (χ3n) is 5.88. The topological polar surface area (TPSA) is 69.7 Å². The molecule has 1 aromatic carbocycles. The molecule has 3 aliphatic rings. The van der Waals surface area contributed by atoms with Crippen molar-refractivity contribution in [1.82, 2.24) is 15.1 Å². The summed E-state index contributed by atoms with van der Waals surface area (Å²) in [6.07, 6.45) is 4.63. The molecule has 0 bridgehead atoms. The molecule has 26 heavy (non-hydrogen) atoms. The smallest absolute Gasteiger partial charge is 0.246 e. The normalized spacial score (nSPS) is 26.6. The molecule has 1 aliphatic carbocycles. The second-order valence-electron chi connectivity index (χ2n) is 7.56. The number of amides is 3. The molecule has 0 aromatic heterocycles. The predicted octanol–water partition coefficient (Wildman–Crippen LogP) is 0.957. The standard InChI is InChI=1S/C20H25N3O3/c24-18-17-13-22(19(25)15-8-4-5-9-15)10-11-23(17)20(26)16(21-18)12-14-6-2-1-3-7-14/h1-3,6-7,15-17H,4-5,8-13H2,(H,21,24)/t16-,17+/m1/s1. The first-order chi connectivity index (χ1) is 12.6. The SMILES string of the molecule is O=C1N[C@H](Cc2ccccc2)C(=O)N2CCN(C(=O)C3CCCC3)C[C@@H]12. The van der Waals surface area contributed by atoms with Gasteiger partial charge in [-0.15, -0.1) is 0 Å². The Morgan fingerprint density at radius 1 is 1.08 bits per heavy atom. The lowest BCUT2D eigenvalue weighted by atomic mass is 9.98. The molecule has 2 atom stereocenters. The average Bonchev–Trinajstić information content (AvgIpc) is 3.20. The number of nitrogens with one attached hydrogen (secondary N) is 1. The molecule has 0 unspecified atom stereocenters. The predicted molar refractivity (Wildman–Crippen MR) is 96.1 cm³/mol. The lowest BCUT2D eigenvalue weighted by Gasteiger charge is -2.45.